The van der Waals surface area contributed by atoms with Gasteiger partial charge in [-0.1, -0.05) is 56.5 Å². The van der Waals surface area contributed by atoms with Crippen LogP contribution in [0.15, 0.2) is 53.4 Å². The molecule has 0 aliphatic carbocycles. The van der Waals surface area contributed by atoms with Crippen LogP contribution in [-0.4, -0.2) is 64.3 Å². The molecule has 2 aromatic carbocycles. The standard InChI is InChI=1S/C29H42N2O5S/c1-4-5-7-11-23(2)31-19-27(22-35-20-24-12-8-6-9-13-24)36-28-18-25(15-16-29(28)37(31,32)33)30-17-10-14-26(30)21-34-3/h6,8-9,12-13,15-16,18,23,26-27H,4-5,7,10-11,14,17,19-22H2,1-3H3/t23-,26-,27-/m0/s1. The number of hydrogen-bond acceptors (Lipinski definition) is 6. The SMILES string of the molecule is CCCCC[C@H](C)N1C[C@@H](COCc2ccccc2)Oc2cc(N3CCC[C@H]3COC)ccc2S1(=O)=O. The number of methoxy groups -OCH3 is 1. The molecule has 0 saturated carbocycles. The molecule has 3 atom stereocenters. The Morgan fingerprint density at radius 1 is 1.11 bits per heavy atom. The Balaban J connectivity index is 1.60. The Kier molecular flexibility index (Phi) is 9.87. The van der Waals surface area contributed by atoms with Crippen LogP contribution < -0.4 is 9.64 Å². The number of nitrogens with zero attached hydrogens (tertiary/aromatic N) is 2. The first kappa shape index (κ1) is 27.9. The van der Waals surface area contributed by atoms with Gasteiger partial charge in [-0.05, 0) is 43.9 Å². The number of hydrogen-bond donors (Lipinski definition) is 0. The molecule has 8 heteroatoms. The molecule has 0 N–H and O–H groups in total. The van der Waals surface area contributed by atoms with Crippen LogP contribution in [0.3, 0.4) is 0 Å². The smallest absolute Gasteiger partial charge is 0.247 e. The molecule has 0 unspecified atom stereocenters. The number of sulfonamides is 1. The molecule has 0 radical (unpaired) electrons. The number of fused-ring (bicyclic) bond motifs is 1. The molecule has 0 bridgehead atoms. The maximum atomic E-state index is 13.9. The molecule has 7 nitrogen and oxygen atoms in total. The van der Waals surface area contributed by atoms with E-state index in [4.69, 9.17) is 14.2 Å². The maximum Gasteiger partial charge on any atom is 0.247 e. The van der Waals surface area contributed by atoms with Gasteiger partial charge in [0.05, 0.1) is 32.4 Å². The van der Waals surface area contributed by atoms with E-state index in [-0.39, 0.29) is 23.5 Å². The van der Waals surface area contributed by atoms with Crippen LogP contribution in [0.4, 0.5) is 5.69 Å². The van der Waals surface area contributed by atoms with Crippen LogP contribution in [0.2, 0.25) is 0 Å². The first-order valence-corrected chi connectivity index (χ1v) is 15.1. The van der Waals surface area contributed by atoms with E-state index in [0.717, 1.165) is 56.3 Å². The third kappa shape index (κ3) is 6.85. The maximum absolute atomic E-state index is 13.9. The van der Waals surface area contributed by atoms with Gasteiger partial charge in [0.25, 0.3) is 0 Å². The second-order valence-corrected chi connectivity index (χ2v) is 12.1. The molecule has 1 fully saturated rings. The minimum atomic E-state index is -3.72. The number of rotatable bonds is 12. The zero-order chi connectivity index (χ0) is 26.3. The van der Waals surface area contributed by atoms with Gasteiger partial charge >= 0.3 is 0 Å². The number of unbranched alkanes of at least 4 members (excludes halogenated alkanes) is 2. The Hall–Kier alpha value is -2.13. The van der Waals surface area contributed by atoms with Gasteiger partial charge in [-0.3, -0.25) is 0 Å². The van der Waals surface area contributed by atoms with Crippen LogP contribution in [0.1, 0.15) is 57.9 Å². The lowest BCUT2D eigenvalue weighted by molar-refractivity contribution is 0.0310. The van der Waals surface area contributed by atoms with Crippen LogP contribution in [0.25, 0.3) is 0 Å². The van der Waals surface area contributed by atoms with Crippen LogP contribution in [0.5, 0.6) is 5.75 Å². The number of anilines is 1. The van der Waals surface area contributed by atoms with E-state index in [9.17, 15) is 8.42 Å². The van der Waals surface area contributed by atoms with Gasteiger partial charge < -0.3 is 19.1 Å². The fourth-order valence-corrected chi connectivity index (χ4v) is 7.18. The molecule has 2 aliphatic rings. The summed E-state index contributed by atoms with van der Waals surface area (Å²) in [6.45, 7) is 6.77. The molecule has 0 spiro atoms. The number of ether oxygens (including phenoxy) is 3. The Morgan fingerprint density at radius 3 is 2.68 bits per heavy atom. The Morgan fingerprint density at radius 2 is 1.92 bits per heavy atom. The monoisotopic (exact) mass is 530 g/mol. The predicted octanol–water partition coefficient (Wildman–Crippen LogP) is 5.24. The molecule has 1 saturated heterocycles. The van der Waals surface area contributed by atoms with Crippen molar-refractivity contribution in [1.82, 2.24) is 4.31 Å². The van der Waals surface area contributed by atoms with E-state index in [1.54, 1.807) is 17.5 Å². The summed E-state index contributed by atoms with van der Waals surface area (Å²) in [4.78, 5) is 2.54. The molecule has 2 aliphatic heterocycles. The van der Waals surface area contributed by atoms with Crippen molar-refractivity contribution in [1.29, 1.82) is 0 Å². The van der Waals surface area contributed by atoms with E-state index < -0.39 is 16.1 Å². The average Bonchev–Trinajstić information content (AvgIpc) is 3.32. The topological polar surface area (TPSA) is 68.3 Å². The van der Waals surface area contributed by atoms with Gasteiger partial charge in [-0.25, -0.2) is 8.42 Å². The van der Waals surface area contributed by atoms with Gasteiger partial charge in [0.15, 0.2) is 0 Å². The Labute approximate surface area is 222 Å². The van der Waals surface area contributed by atoms with E-state index in [0.29, 0.717) is 25.6 Å². The van der Waals surface area contributed by atoms with Crippen molar-refractivity contribution < 1.29 is 22.6 Å². The quantitative estimate of drug-likeness (QED) is 0.350. The van der Waals surface area contributed by atoms with E-state index in [1.807, 2.05) is 49.4 Å². The van der Waals surface area contributed by atoms with Gasteiger partial charge in [0.2, 0.25) is 10.0 Å². The van der Waals surface area contributed by atoms with E-state index in [2.05, 4.69) is 11.8 Å². The van der Waals surface area contributed by atoms with Crippen molar-refractivity contribution >= 4 is 15.7 Å². The lowest BCUT2D eigenvalue weighted by Crippen LogP contribution is -2.44. The summed E-state index contributed by atoms with van der Waals surface area (Å²) >= 11 is 0. The Bertz CT molecular complexity index is 1090. The third-order valence-electron chi connectivity index (χ3n) is 7.39. The zero-order valence-corrected chi connectivity index (χ0v) is 23.3. The summed E-state index contributed by atoms with van der Waals surface area (Å²) in [6, 6.07) is 15.7. The summed E-state index contributed by atoms with van der Waals surface area (Å²) in [5, 5.41) is 0. The van der Waals surface area contributed by atoms with E-state index >= 15 is 0 Å². The molecule has 204 valence electrons. The highest BCUT2D eigenvalue weighted by Gasteiger charge is 2.38. The van der Waals surface area contributed by atoms with Crippen LogP contribution in [0, 0.1) is 0 Å². The fraction of sp³-hybridized carbons (Fsp3) is 0.586. The minimum Gasteiger partial charge on any atom is -0.485 e. The second-order valence-electron chi connectivity index (χ2n) is 10.2. The van der Waals surface area contributed by atoms with Crippen LogP contribution in [-0.2, 0) is 26.1 Å². The van der Waals surface area contributed by atoms with Crippen molar-refractivity contribution in [3.05, 3.63) is 54.1 Å². The summed E-state index contributed by atoms with van der Waals surface area (Å²) in [5.74, 6) is 0.414. The van der Waals surface area contributed by atoms with Gasteiger partial charge in [-0.2, -0.15) is 4.31 Å². The molecular weight excluding hydrogens is 488 g/mol. The summed E-state index contributed by atoms with van der Waals surface area (Å²) in [5.41, 5.74) is 2.05. The summed E-state index contributed by atoms with van der Waals surface area (Å²) in [7, 11) is -2.00. The first-order chi connectivity index (χ1) is 17.9. The normalized spacial score (nSPS) is 22.3. The van der Waals surface area contributed by atoms with Crippen molar-refractivity contribution in [2.24, 2.45) is 0 Å². The van der Waals surface area contributed by atoms with Crippen molar-refractivity contribution in [3.63, 3.8) is 0 Å². The molecule has 0 aromatic heterocycles. The van der Waals surface area contributed by atoms with Gasteiger partial charge in [0, 0.05) is 31.5 Å². The number of benzene rings is 2. The lowest BCUT2D eigenvalue weighted by atomic mass is 10.1. The van der Waals surface area contributed by atoms with Crippen LogP contribution >= 0.6 is 0 Å². The van der Waals surface area contributed by atoms with Crippen molar-refractivity contribution in [3.8, 4) is 5.75 Å². The first-order valence-electron chi connectivity index (χ1n) is 13.6. The highest BCUT2D eigenvalue weighted by atomic mass is 32.2. The lowest BCUT2D eigenvalue weighted by Gasteiger charge is -2.28. The van der Waals surface area contributed by atoms with E-state index in [1.165, 1.54) is 0 Å². The molecule has 37 heavy (non-hydrogen) atoms. The molecular formula is C29H42N2O5S. The average molecular weight is 531 g/mol. The summed E-state index contributed by atoms with van der Waals surface area (Å²) < 4.78 is 47.3. The third-order valence-corrected chi connectivity index (χ3v) is 9.41. The van der Waals surface area contributed by atoms with Crippen molar-refractivity contribution in [2.45, 2.75) is 82.1 Å². The highest BCUT2D eigenvalue weighted by Crippen LogP contribution is 2.37. The summed E-state index contributed by atoms with van der Waals surface area (Å²) in [6.07, 6.45) is 5.76. The van der Waals surface area contributed by atoms with Crippen molar-refractivity contribution in [2.75, 3.05) is 38.3 Å². The minimum absolute atomic E-state index is 0.118. The molecule has 4 rings (SSSR count). The van der Waals surface area contributed by atoms with Gasteiger partial charge in [0.1, 0.15) is 16.7 Å². The fourth-order valence-electron chi connectivity index (χ4n) is 5.38. The zero-order valence-electron chi connectivity index (χ0n) is 22.5. The van der Waals surface area contributed by atoms with Gasteiger partial charge in [-0.15, -0.1) is 0 Å². The molecule has 2 aromatic rings. The second kappa shape index (κ2) is 13.1. The highest BCUT2D eigenvalue weighted by molar-refractivity contribution is 7.89. The predicted molar refractivity (Wildman–Crippen MR) is 147 cm³/mol. The molecule has 0 amide bonds. The molecule has 2 heterocycles. The largest absolute Gasteiger partial charge is 0.485 e.